The van der Waals surface area contributed by atoms with E-state index in [1.54, 1.807) is 25.0 Å². The average Bonchev–Trinajstić information content (AvgIpc) is 3.51. The summed E-state index contributed by atoms with van der Waals surface area (Å²) in [5, 5.41) is 23.1. The number of rotatable bonds is 13. The normalized spacial score (nSPS) is 35.9. The summed E-state index contributed by atoms with van der Waals surface area (Å²) < 4.78 is 6.22. The van der Waals surface area contributed by atoms with Crippen LogP contribution in [0.5, 0.6) is 0 Å². The highest BCUT2D eigenvalue weighted by molar-refractivity contribution is 6.30. The van der Waals surface area contributed by atoms with Crippen LogP contribution >= 0.6 is 11.6 Å². The number of nitrogens with zero attached hydrogens (tertiary/aromatic N) is 2. The highest BCUT2D eigenvalue weighted by Gasteiger charge is 2.70. The number of allylic oxidation sites excluding steroid dienone is 1. The third-order valence-corrected chi connectivity index (χ3v) is 17.6. The summed E-state index contributed by atoms with van der Waals surface area (Å²) in [5.41, 5.74) is 3.41. The van der Waals surface area contributed by atoms with Crippen molar-refractivity contribution < 1.29 is 24.5 Å². The van der Waals surface area contributed by atoms with Crippen LogP contribution in [0.1, 0.15) is 139 Å². The molecule has 4 fully saturated rings. The molecule has 0 aliphatic heterocycles. The monoisotopic (exact) mass is 795 g/mol. The summed E-state index contributed by atoms with van der Waals surface area (Å²) in [4.78, 5) is 29.7. The van der Waals surface area contributed by atoms with E-state index in [0.717, 1.165) is 69.6 Å². The van der Waals surface area contributed by atoms with Crippen LogP contribution in [0.2, 0.25) is 5.02 Å². The van der Waals surface area contributed by atoms with Gasteiger partial charge in [-0.05, 0) is 150 Å². The second-order valence-corrected chi connectivity index (χ2v) is 22.2. The molecule has 56 heavy (non-hydrogen) atoms. The molecule has 314 valence electrons. The van der Waals surface area contributed by atoms with E-state index >= 15 is 0 Å². The van der Waals surface area contributed by atoms with E-state index in [0.29, 0.717) is 30.2 Å². The van der Waals surface area contributed by atoms with Crippen molar-refractivity contribution >= 4 is 23.5 Å². The molecule has 7 nitrogen and oxygen atoms in total. The van der Waals surface area contributed by atoms with Gasteiger partial charge in [0, 0.05) is 42.0 Å². The Kier molecular flexibility index (Phi) is 12.2. The van der Waals surface area contributed by atoms with E-state index in [1.165, 1.54) is 24.8 Å². The summed E-state index contributed by atoms with van der Waals surface area (Å²) in [6, 6.07) is 8.19. The zero-order valence-corrected chi connectivity index (χ0v) is 37.5. The van der Waals surface area contributed by atoms with Gasteiger partial charge in [-0.15, -0.1) is 0 Å². The number of aliphatic carboxylic acids is 1. The summed E-state index contributed by atoms with van der Waals surface area (Å²) in [6.45, 7) is 23.8. The van der Waals surface area contributed by atoms with Crippen LogP contribution in [0.3, 0.4) is 0 Å². The number of aliphatic hydroxyl groups is 1. The van der Waals surface area contributed by atoms with E-state index in [9.17, 15) is 19.8 Å². The van der Waals surface area contributed by atoms with Crippen LogP contribution in [0.25, 0.3) is 0 Å². The second kappa shape index (κ2) is 15.6. The average molecular weight is 796 g/mol. The molecule has 5 aliphatic carbocycles. The number of aliphatic hydroxyl groups excluding tert-OH is 1. The molecule has 0 aromatic heterocycles. The molecule has 0 radical (unpaired) electrons. The molecular formula is C48H75ClN2O5. The fraction of sp³-hybridized carbons (Fsp3) is 0.792. The maximum Gasteiger partial charge on any atom is 0.309 e. The maximum atomic E-state index is 13.2. The SMILES string of the molecule is CC(C)C1=C2C3CCC4C5(C)CCC(OC(=O)CC(C)(C)C(=O)O)C(C)(C)C5CCC4(C)C3(C)CCC2(C(O)CN(CCN(C)C)Cc2ccc(Cl)cc2)CC1. The number of ether oxygens (including phenoxy) is 1. The third kappa shape index (κ3) is 7.44. The van der Waals surface area contributed by atoms with Gasteiger partial charge >= 0.3 is 11.9 Å². The first-order chi connectivity index (χ1) is 26.0. The summed E-state index contributed by atoms with van der Waals surface area (Å²) >= 11 is 6.26. The lowest BCUT2D eigenvalue weighted by Gasteiger charge is -2.72. The number of carboxylic acid groups (broad SMARTS) is 1. The number of hydrogen-bond acceptors (Lipinski definition) is 6. The largest absolute Gasteiger partial charge is 0.481 e. The first kappa shape index (κ1) is 43.6. The highest BCUT2D eigenvalue weighted by atomic mass is 35.5. The first-order valence-electron chi connectivity index (χ1n) is 22.0. The van der Waals surface area contributed by atoms with Crippen LogP contribution in [-0.4, -0.2) is 77.9 Å². The maximum absolute atomic E-state index is 13.2. The lowest BCUT2D eigenvalue weighted by Crippen LogP contribution is -2.66. The van der Waals surface area contributed by atoms with Gasteiger partial charge in [0.1, 0.15) is 6.10 Å². The molecule has 2 N–H and O–H groups in total. The molecule has 0 amide bonds. The van der Waals surface area contributed by atoms with Crippen molar-refractivity contribution in [2.24, 2.45) is 56.2 Å². The Morgan fingerprint density at radius 2 is 1.57 bits per heavy atom. The van der Waals surface area contributed by atoms with Crippen LogP contribution in [0, 0.1) is 56.2 Å². The molecule has 9 atom stereocenters. The fourth-order valence-electron chi connectivity index (χ4n) is 13.9. The number of likely N-dealkylation sites (N-methyl/N-ethyl adjacent to an activating group) is 1. The van der Waals surface area contributed by atoms with Crippen LogP contribution in [0.4, 0.5) is 0 Å². The Labute approximate surface area is 344 Å². The predicted molar refractivity (Wildman–Crippen MR) is 226 cm³/mol. The Hall–Kier alpha value is -1.93. The zero-order chi connectivity index (χ0) is 41.2. The second-order valence-electron chi connectivity index (χ2n) is 21.7. The zero-order valence-electron chi connectivity index (χ0n) is 36.8. The molecule has 6 rings (SSSR count). The standard InChI is InChI=1S/C48H75ClN2O5/c1-31(2)34-18-23-48(38(52)30-51(27-26-50(10)11)29-32-12-14-33(49)15-13-32)25-24-46(8)35(41(34)48)16-17-37-45(7)21-20-39(56-40(53)28-43(3,4)42(54)55)44(5,6)36(45)19-22-47(37,46)9/h12-15,31,35-39,52H,16-30H2,1-11H3,(H,54,55). The van der Waals surface area contributed by atoms with Gasteiger partial charge in [-0.1, -0.05) is 83.3 Å². The number of carboxylic acids is 1. The highest BCUT2D eigenvalue weighted by Crippen LogP contribution is 2.77. The topological polar surface area (TPSA) is 90.3 Å². The molecule has 0 spiro atoms. The Morgan fingerprint density at radius 3 is 2.20 bits per heavy atom. The van der Waals surface area contributed by atoms with Gasteiger partial charge in [0.05, 0.1) is 17.9 Å². The van der Waals surface area contributed by atoms with Crippen LogP contribution in [0.15, 0.2) is 35.4 Å². The van der Waals surface area contributed by atoms with Gasteiger partial charge in [0.15, 0.2) is 0 Å². The molecule has 0 bridgehead atoms. The number of fused-ring (bicyclic) bond motifs is 7. The Bertz CT molecular complexity index is 1650. The molecule has 5 aliphatic rings. The van der Waals surface area contributed by atoms with Crippen molar-refractivity contribution in [3.63, 3.8) is 0 Å². The van der Waals surface area contributed by atoms with E-state index in [1.807, 2.05) is 12.1 Å². The van der Waals surface area contributed by atoms with Crippen molar-refractivity contribution in [1.82, 2.24) is 9.80 Å². The molecule has 1 aromatic rings. The summed E-state index contributed by atoms with van der Waals surface area (Å²) in [7, 11) is 4.25. The summed E-state index contributed by atoms with van der Waals surface area (Å²) in [6.07, 6.45) is 10.1. The first-order valence-corrected chi connectivity index (χ1v) is 22.4. The van der Waals surface area contributed by atoms with Crippen LogP contribution in [-0.2, 0) is 20.9 Å². The van der Waals surface area contributed by atoms with E-state index in [-0.39, 0.29) is 39.6 Å². The molecule has 1 aromatic carbocycles. The Morgan fingerprint density at radius 1 is 0.893 bits per heavy atom. The lowest BCUT2D eigenvalue weighted by molar-refractivity contribution is -0.235. The smallest absolute Gasteiger partial charge is 0.309 e. The number of esters is 1. The van der Waals surface area contributed by atoms with Gasteiger partial charge in [0.2, 0.25) is 0 Å². The molecule has 0 saturated heterocycles. The van der Waals surface area contributed by atoms with Gasteiger partial charge in [-0.3, -0.25) is 14.5 Å². The van der Waals surface area contributed by atoms with E-state index in [2.05, 4.69) is 84.5 Å². The summed E-state index contributed by atoms with van der Waals surface area (Å²) in [5.74, 6) is 0.569. The van der Waals surface area contributed by atoms with Crippen molar-refractivity contribution in [2.75, 3.05) is 33.7 Å². The number of carbonyl (C=O) groups excluding carboxylic acids is 1. The van der Waals surface area contributed by atoms with Crippen molar-refractivity contribution in [3.05, 3.63) is 46.0 Å². The van der Waals surface area contributed by atoms with E-state index in [4.69, 9.17) is 16.3 Å². The quantitative estimate of drug-likeness (QED) is 0.152. The molecular weight excluding hydrogens is 720 g/mol. The predicted octanol–water partition coefficient (Wildman–Crippen LogP) is 10.3. The minimum Gasteiger partial charge on any atom is -0.481 e. The molecule has 4 saturated carbocycles. The number of halogens is 1. The molecule has 9 unspecified atom stereocenters. The van der Waals surface area contributed by atoms with Gasteiger partial charge in [0.25, 0.3) is 0 Å². The van der Waals surface area contributed by atoms with Gasteiger partial charge < -0.3 is 19.8 Å². The van der Waals surface area contributed by atoms with E-state index < -0.39 is 23.5 Å². The van der Waals surface area contributed by atoms with Gasteiger partial charge in [-0.25, -0.2) is 0 Å². The minimum atomic E-state index is -1.15. The molecule has 8 heteroatoms. The van der Waals surface area contributed by atoms with Crippen molar-refractivity contribution in [2.45, 2.75) is 152 Å². The minimum absolute atomic E-state index is 0.113. The van der Waals surface area contributed by atoms with Crippen molar-refractivity contribution in [3.8, 4) is 0 Å². The number of hydrogen-bond donors (Lipinski definition) is 2. The van der Waals surface area contributed by atoms with Crippen LogP contribution < -0.4 is 0 Å². The fourth-order valence-corrected chi connectivity index (χ4v) is 14.0. The number of carbonyl (C=O) groups is 2. The molecule has 0 heterocycles. The third-order valence-electron chi connectivity index (χ3n) is 17.4. The Balaban J connectivity index is 1.26. The van der Waals surface area contributed by atoms with Gasteiger partial charge in [-0.2, -0.15) is 0 Å². The number of benzene rings is 1. The lowest BCUT2D eigenvalue weighted by atomic mass is 9.33. The van der Waals surface area contributed by atoms with Crippen molar-refractivity contribution in [1.29, 1.82) is 0 Å².